The highest BCUT2D eigenvalue weighted by Gasteiger charge is 2.29. The largest absolute Gasteiger partial charge is 0.446 e. The van der Waals surface area contributed by atoms with Gasteiger partial charge in [-0.15, -0.1) is 0 Å². The van der Waals surface area contributed by atoms with E-state index in [-0.39, 0.29) is 22.4 Å². The average molecular weight is 390 g/mol. The van der Waals surface area contributed by atoms with Gasteiger partial charge in [0.1, 0.15) is 0 Å². The molecule has 142 valence electrons. The third-order valence-electron chi connectivity index (χ3n) is 4.81. The first-order valence-corrected chi connectivity index (χ1v) is 9.90. The molecule has 0 amide bonds. The summed E-state index contributed by atoms with van der Waals surface area (Å²) in [7, 11) is 0. The van der Waals surface area contributed by atoms with Crippen LogP contribution in [0, 0.1) is 0 Å². The van der Waals surface area contributed by atoms with Gasteiger partial charge in [0.2, 0.25) is 0 Å². The van der Waals surface area contributed by atoms with E-state index in [4.69, 9.17) is 0 Å². The Morgan fingerprint density at radius 1 is 0.926 bits per heavy atom. The van der Waals surface area contributed by atoms with Crippen molar-refractivity contribution < 1.29 is 18.0 Å². The highest BCUT2D eigenvalue weighted by Crippen LogP contribution is 2.36. The minimum atomic E-state index is -4.32. The van der Waals surface area contributed by atoms with Crippen molar-refractivity contribution in [2.45, 2.75) is 48.4 Å². The third-order valence-corrected chi connectivity index (χ3v) is 5.55. The van der Waals surface area contributed by atoms with Gasteiger partial charge < -0.3 is 0 Å². The van der Waals surface area contributed by atoms with Gasteiger partial charge in [-0.05, 0) is 72.0 Å². The van der Waals surface area contributed by atoms with Gasteiger partial charge in [-0.3, -0.25) is 4.79 Å². The number of hydrogen-bond acceptors (Lipinski definition) is 2. The van der Waals surface area contributed by atoms with Crippen LogP contribution in [-0.2, 0) is 0 Å². The quantitative estimate of drug-likeness (QED) is 0.304. The Morgan fingerprint density at radius 2 is 1.56 bits per heavy atom. The van der Waals surface area contributed by atoms with E-state index in [9.17, 15) is 18.0 Å². The van der Waals surface area contributed by atoms with Crippen molar-refractivity contribution in [1.29, 1.82) is 0 Å². The lowest BCUT2D eigenvalue weighted by molar-refractivity contribution is -0.0328. The molecule has 1 fully saturated rings. The van der Waals surface area contributed by atoms with Gasteiger partial charge in [-0.25, -0.2) is 0 Å². The molecule has 1 saturated carbocycles. The number of carbonyl (C=O) groups is 1. The van der Waals surface area contributed by atoms with Crippen molar-refractivity contribution in [3.63, 3.8) is 0 Å². The molecule has 0 aliphatic heterocycles. The first-order valence-electron chi connectivity index (χ1n) is 9.09. The standard InChI is InChI=1S/C22H21F3OS/c23-22(24,25)27-20-13-11-19(12-14-20)21(26)15-8-16-6-9-18(10-7-16)17-4-2-1-3-5-17/h6-15,17H,1-5H2. The lowest BCUT2D eigenvalue weighted by Crippen LogP contribution is -2.04. The van der Waals surface area contributed by atoms with Crippen LogP contribution in [0.5, 0.6) is 0 Å². The van der Waals surface area contributed by atoms with Gasteiger partial charge in [0.15, 0.2) is 5.78 Å². The summed E-state index contributed by atoms with van der Waals surface area (Å²) < 4.78 is 37.0. The van der Waals surface area contributed by atoms with Crippen molar-refractivity contribution in [3.05, 3.63) is 71.3 Å². The Morgan fingerprint density at radius 3 is 2.15 bits per heavy atom. The number of thioether (sulfide) groups is 1. The Hall–Kier alpha value is -2.01. The van der Waals surface area contributed by atoms with Crippen LogP contribution >= 0.6 is 11.8 Å². The smallest absolute Gasteiger partial charge is 0.289 e. The molecule has 0 saturated heterocycles. The van der Waals surface area contributed by atoms with E-state index in [1.54, 1.807) is 6.08 Å². The molecular formula is C22H21F3OS. The van der Waals surface area contributed by atoms with Crippen LogP contribution in [-0.4, -0.2) is 11.3 Å². The molecular weight excluding hydrogens is 369 g/mol. The van der Waals surface area contributed by atoms with Crippen LogP contribution in [0.25, 0.3) is 6.08 Å². The number of rotatable bonds is 5. The van der Waals surface area contributed by atoms with E-state index in [2.05, 4.69) is 12.1 Å². The summed E-state index contributed by atoms with van der Waals surface area (Å²) in [6.07, 6.45) is 9.61. The second-order valence-corrected chi connectivity index (χ2v) is 7.91. The van der Waals surface area contributed by atoms with Gasteiger partial charge in [0.05, 0.1) is 0 Å². The lowest BCUT2D eigenvalue weighted by Gasteiger charge is -2.21. The van der Waals surface area contributed by atoms with E-state index in [1.807, 2.05) is 12.1 Å². The van der Waals surface area contributed by atoms with Crippen LogP contribution in [0.15, 0.2) is 59.5 Å². The average Bonchev–Trinajstić information content (AvgIpc) is 2.66. The zero-order valence-corrected chi connectivity index (χ0v) is 15.7. The summed E-state index contributed by atoms with van der Waals surface area (Å²) in [4.78, 5) is 12.3. The lowest BCUT2D eigenvalue weighted by atomic mass is 9.84. The van der Waals surface area contributed by atoms with Gasteiger partial charge >= 0.3 is 5.51 Å². The fraction of sp³-hybridized carbons (Fsp3) is 0.318. The van der Waals surface area contributed by atoms with E-state index >= 15 is 0 Å². The number of hydrogen-bond donors (Lipinski definition) is 0. The van der Waals surface area contributed by atoms with Crippen molar-refractivity contribution in [1.82, 2.24) is 0 Å². The molecule has 0 unspecified atom stereocenters. The minimum absolute atomic E-state index is 0.0707. The van der Waals surface area contributed by atoms with Gasteiger partial charge in [-0.1, -0.05) is 49.6 Å². The maximum absolute atomic E-state index is 12.3. The van der Waals surface area contributed by atoms with Crippen molar-refractivity contribution in [2.75, 3.05) is 0 Å². The number of halogens is 3. The van der Waals surface area contributed by atoms with Crippen molar-refractivity contribution in [3.8, 4) is 0 Å². The number of benzene rings is 2. The molecule has 0 bridgehead atoms. The summed E-state index contributed by atoms with van der Waals surface area (Å²) in [5, 5.41) is 0. The van der Waals surface area contributed by atoms with E-state index < -0.39 is 5.51 Å². The Labute approximate surface area is 161 Å². The SMILES string of the molecule is O=C(C=Cc1ccc(C2CCCCC2)cc1)c1ccc(SC(F)(F)F)cc1. The van der Waals surface area contributed by atoms with Gasteiger partial charge in [0, 0.05) is 10.5 Å². The zero-order chi connectivity index (χ0) is 19.3. The van der Waals surface area contributed by atoms with E-state index in [1.165, 1.54) is 68.0 Å². The summed E-state index contributed by atoms with van der Waals surface area (Å²) in [6, 6.07) is 13.8. The molecule has 0 spiro atoms. The normalized spacial score (nSPS) is 16.0. The monoisotopic (exact) mass is 390 g/mol. The Bertz CT molecular complexity index is 786. The molecule has 1 aliphatic carbocycles. The predicted molar refractivity (Wildman–Crippen MR) is 104 cm³/mol. The number of alkyl halides is 3. The highest BCUT2D eigenvalue weighted by molar-refractivity contribution is 8.00. The molecule has 2 aromatic carbocycles. The van der Waals surface area contributed by atoms with Crippen LogP contribution in [0.1, 0.15) is 59.5 Å². The summed E-state index contributed by atoms with van der Waals surface area (Å²) >= 11 is -0.185. The van der Waals surface area contributed by atoms with Crippen LogP contribution in [0.2, 0.25) is 0 Å². The van der Waals surface area contributed by atoms with Crippen molar-refractivity contribution in [2.24, 2.45) is 0 Å². The summed E-state index contributed by atoms with van der Waals surface area (Å²) in [5.41, 5.74) is -1.66. The van der Waals surface area contributed by atoms with Crippen LogP contribution in [0.3, 0.4) is 0 Å². The fourth-order valence-electron chi connectivity index (χ4n) is 3.40. The maximum Gasteiger partial charge on any atom is 0.446 e. The van der Waals surface area contributed by atoms with E-state index in [0.29, 0.717) is 11.5 Å². The number of allylic oxidation sites excluding steroid dienone is 1. The fourth-order valence-corrected chi connectivity index (χ4v) is 3.94. The van der Waals surface area contributed by atoms with E-state index in [0.717, 1.165) is 5.56 Å². The number of ketones is 1. The van der Waals surface area contributed by atoms with Crippen LogP contribution < -0.4 is 0 Å². The molecule has 3 rings (SSSR count). The predicted octanol–water partition coefficient (Wildman–Crippen LogP) is 7.24. The summed E-state index contributed by atoms with van der Waals surface area (Å²) in [6.45, 7) is 0. The zero-order valence-electron chi connectivity index (χ0n) is 14.8. The molecule has 1 nitrogen and oxygen atoms in total. The molecule has 27 heavy (non-hydrogen) atoms. The second-order valence-electron chi connectivity index (χ2n) is 6.77. The minimum Gasteiger partial charge on any atom is -0.289 e. The van der Waals surface area contributed by atoms with Gasteiger partial charge in [0.25, 0.3) is 0 Å². The Balaban J connectivity index is 1.60. The molecule has 0 N–H and O–H groups in total. The first kappa shape index (κ1) is 19.7. The van der Waals surface area contributed by atoms with Crippen molar-refractivity contribution >= 4 is 23.6 Å². The topological polar surface area (TPSA) is 17.1 Å². The highest BCUT2D eigenvalue weighted by atomic mass is 32.2. The third kappa shape index (κ3) is 5.99. The molecule has 0 heterocycles. The van der Waals surface area contributed by atoms with Crippen LogP contribution in [0.4, 0.5) is 13.2 Å². The number of carbonyl (C=O) groups excluding carboxylic acids is 1. The first-order chi connectivity index (χ1) is 12.9. The molecule has 0 radical (unpaired) electrons. The molecule has 5 heteroatoms. The molecule has 1 aliphatic rings. The Kier molecular flexibility index (Phi) is 6.42. The van der Waals surface area contributed by atoms with Gasteiger partial charge in [-0.2, -0.15) is 13.2 Å². The summed E-state index contributed by atoms with van der Waals surface area (Å²) in [5.74, 6) is 0.418. The molecule has 0 aromatic heterocycles. The maximum atomic E-state index is 12.3. The molecule has 2 aromatic rings. The molecule has 0 atom stereocenters. The second kappa shape index (κ2) is 8.79.